The highest BCUT2D eigenvalue weighted by atomic mass is 16.5. The van der Waals surface area contributed by atoms with Crippen molar-refractivity contribution >= 4 is 11.8 Å². The zero-order chi connectivity index (χ0) is 18.6. The smallest absolute Gasteiger partial charge is 0.259 e. The molecule has 0 unspecified atom stereocenters. The minimum absolute atomic E-state index is 0.196. The fourth-order valence-corrected chi connectivity index (χ4v) is 2.76. The number of aromatic nitrogens is 2. The van der Waals surface area contributed by atoms with E-state index >= 15 is 0 Å². The highest BCUT2D eigenvalue weighted by molar-refractivity contribution is 6.03. The number of anilines is 1. The van der Waals surface area contributed by atoms with Gasteiger partial charge in [-0.25, -0.2) is 4.98 Å². The maximum absolute atomic E-state index is 12.4. The molecule has 0 fully saturated rings. The number of amides is 1. The number of fused-ring (bicyclic) bond motifs is 1. The number of hydrogen-bond acceptors (Lipinski definition) is 6. The van der Waals surface area contributed by atoms with E-state index in [1.165, 1.54) is 6.20 Å². The van der Waals surface area contributed by atoms with E-state index in [0.717, 1.165) is 36.9 Å². The molecular formula is C19H25N3O4. The average Bonchev–Trinajstić information content (AvgIpc) is 3.01. The molecule has 140 valence electrons. The second-order valence-electron chi connectivity index (χ2n) is 7.29. The number of carbonyl (C=O) groups is 1. The van der Waals surface area contributed by atoms with Crippen LogP contribution in [0.15, 0.2) is 22.9 Å². The molecule has 0 aliphatic heterocycles. The van der Waals surface area contributed by atoms with Crippen LogP contribution in [0.3, 0.4) is 0 Å². The maximum Gasteiger partial charge on any atom is 0.259 e. The van der Waals surface area contributed by atoms with E-state index in [4.69, 9.17) is 14.0 Å². The van der Waals surface area contributed by atoms with Crippen LogP contribution < -0.4 is 10.1 Å². The number of nitrogens with one attached hydrogen (secondary N) is 1. The highest BCUT2D eigenvalue weighted by Gasteiger charge is 2.21. The van der Waals surface area contributed by atoms with Crippen molar-refractivity contribution in [2.45, 2.75) is 52.1 Å². The van der Waals surface area contributed by atoms with E-state index < -0.39 is 0 Å². The first-order valence-corrected chi connectivity index (χ1v) is 8.94. The van der Waals surface area contributed by atoms with Crippen molar-refractivity contribution in [2.24, 2.45) is 0 Å². The van der Waals surface area contributed by atoms with Gasteiger partial charge in [0.2, 0.25) is 11.8 Å². The summed E-state index contributed by atoms with van der Waals surface area (Å²) < 4.78 is 16.4. The van der Waals surface area contributed by atoms with Crippen molar-refractivity contribution in [1.29, 1.82) is 0 Å². The van der Waals surface area contributed by atoms with Crippen LogP contribution in [0.4, 0.5) is 5.88 Å². The minimum atomic E-state index is -0.273. The average molecular weight is 359 g/mol. The van der Waals surface area contributed by atoms with Crippen molar-refractivity contribution in [1.82, 2.24) is 10.1 Å². The summed E-state index contributed by atoms with van der Waals surface area (Å²) in [4.78, 5) is 16.5. The number of nitrogens with zero attached hydrogens (tertiary/aromatic N) is 2. The van der Waals surface area contributed by atoms with Crippen LogP contribution in [-0.2, 0) is 17.6 Å². The lowest BCUT2D eigenvalue weighted by Gasteiger charge is -2.19. The predicted octanol–water partition coefficient (Wildman–Crippen LogP) is 3.39. The lowest BCUT2D eigenvalue weighted by atomic mass is 9.98. The molecule has 3 rings (SSSR count). The van der Waals surface area contributed by atoms with E-state index in [1.807, 2.05) is 20.8 Å². The first-order chi connectivity index (χ1) is 12.4. The Kier molecular flexibility index (Phi) is 5.56. The Balaban J connectivity index is 1.53. The largest absolute Gasteiger partial charge is 0.475 e. The summed E-state index contributed by atoms with van der Waals surface area (Å²) in [5.74, 6) is 0.630. The molecule has 2 aromatic rings. The number of aryl methyl sites for hydroxylation is 1. The molecule has 1 N–H and O–H groups in total. The van der Waals surface area contributed by atoms with E-state index in [-0.39, 0.29) is 11.5 Å². The number of hydrogen-bond donors (Lipinski definition) is 1. The Morgan fingerprint density at radius 1 is 1.23 bits per heavy atom. The topological polar surface area (TPSA) is 86.5 Å². The van der Waals surface area contributed by atoms with Gasteiger partial charge in [-0.2, -0.15) is 0 Å². The predicted molar refractivity (Wildman–Crippen MR) is 96.5 cm³/mol. The van der Waals surface area contributed by atoms with Crippen LogP contribution in [0, 0.1) is 0 Å². The third-order valence-corrected chi connectivity index (χ3v) is 4.05. The second-order valence-corrected chi connectivity index (χ2v) is 7.29. The molecule has 1 aliphatic carbocycles. The first-order valence-electron chi connectivity index (χ1n) is 8.94. The van der Waals surface area contributed by atoms with Gasteiger partial charge >= 0.3 is 0 Å². The zero-order valence-electron chi connectivity index (χ0n) is 15.5. The van der Waals surface area contributed by atoms with Crippen molar-refractivity contribution in [3.8, 4) is 5.88 Å². The molecule has 0 saturated heterocycles. The number of ether oxygens (including phenoxy) is 2. The lowest BCUT2D eigenvalue weighted by Crippen LogP contribution is -2.22. The SMILES string of the molecule is CC(C)(C)OCCOc1ccc(C(=O)Nc2onc3c2CCCC3)cn1. The van der Waals surface area contributed by atoms with Gasteiger partial charge in [-0.3, -0.25) is 10.1 Å². The summed E-state index contributed by atoms with van der Waals surface area (Å²) in [6, 6.07) is 3.34. The van der Waals surface area contributed by atoms with Gasteiger partial charge < -0.3 is 14.0 Å². The molecule has 0 aromatic carbocycles. The van der Waals surface area contributed by atoms with Gasteiger partial charge in [-0.15, -0.1) is 0 Å². The third kappa shape index (κ3) is 4.82. The Morgan fingerprint density at radius 2 is 2.04 bits per heavy atom. The molecule has 0 atom stereocenters. The molecule has 1 amide bonds. The van der Waals surface area contributed by atoms with E-state index in [2.05, 4.69) is 15.5 Å². The van der Waals surface area contributed by atoms with E-state index in [1.54, 1.807) is 12.1 Å². The van der Waals surface area contributed by atoms with Crippen LogP contribution >= 0.6 is 0 Å². The van der Waals surface area contributed by atoms with Crippen molar-refractivity contribution in [3.63, 3.8) is 0 Å². The zero-order valence-corrected chi connectivity index (χ0v) is 15.5. The van der Waals surface area contributed by atoms with Crippen LogP contribution in [-0.4, -0.2) is 34.9 Å². The fraction of sp³-hybridized carbons (Fsp3) is 0.526. The Morgan fingerprint density at radius 3 is 2.77 bits per heavy atom. The van der Waals surface area contributed by atoms with Crippen LogP contribution in [0.1, 0.15) is 55.2 Å². The minimum Gasteiger partial charge on any atom is -0.475 e. The van der Waals surface area contributed by atoms with Gasteiger partial charge in [-0.05, 0) is 52.5 Å². The Hall–Kier alpha value is -2.41. The molecule has 2 heterocycles. The normalized spacial score (nSPS) is 14.0. The summed E-state index contributed by atoms with van der Waals surface area (Å²) in [6.45, 7) is 6.85. The maximum atomic E-state index is 12.4. The first kappa shape index (κ1) is 18.4. The summed E-state index contributed by atoms with van der Waals surface area (Å²) in [6.07, 6.45) is 5.47. The van der Waals surface area contributed by atoms with Gasteiger partial charge in [0.15, 0.2) is 0 Å². The molecule has 1 aliphatic rings. The molecular weight excluding hydrogens is 334 g/mol. The summed E-state index contributed by atoms with van der Waals surface area (Å²) in [5, 5.41) is 6.83. The van der Waals surface area contributed by atoms with Crippen molar-refractivity contribution in [2.75, 3.05) is 18.5 Å². The monoisotopic (exact) mass is 359 g/mol. The quantitative estimate of drug-likeness (QED) is 0.796. The molecule has 7 nitrogen and oxygen atoms in total. The van der Waals surface area contributed by atoms with Gasteiger partial charge in [-0.1, -0.05) is 5.16 Å². The summed E-state index contributed by atoms with van der Waals surface area (Å²) in [7, 11) is 0. The van der Waals surface area contributed by atoms with E-state index in [9.17, 15) is 4.79 Å². The number of carbonyl (C=O) groups excluding carboxylic acids is 1. The van der Waals surface area contributed by atoms with Crippen LogP contribution in [0.5, 0.6) is 5.88 Å². The van der Waals surface area contributed by atoms with Gasteiger partial charge in [0.05, 0.1) is 23.5 Å². The molecule has 0 radical (unpaired) electrons. The second kappa shape index (κ2) is 7.86. The Bertz CT molecular complexity index is 747. The van der Waals surface area contributed by atoms with Gasteiger partial charge in [0.25, 0.3) is 5.91 Å². The fourth-order valence-electron chi connectivity index (χ4n) is 2.76. The third-order valence-electron chi connectivity index (χ3n) is 4.05. The molecule has 0 bridgehead atoms. The molecule has 2 aromatic heterocycles. The van der Waals surface area contributed by atoms with Crippen molar-refractivity contribution < 1.29 is 18.8 Å². The van der Waals surface area contributed by atoms with Crippen LogP contribution in [0.25, 0.3) is 0 Å². The highest BCUT2D eigenvalue weighted by Crippen LogP contribution is 2.27. The lowest BCUT2D eigenvalue weighted by molar-refractivity contribution is -0.0168. The molecule has 7 heteroatoms. The number of pyridine rings is 1. The van der Waals surface area contributed by atoms with Gasteiger partial charge in [0, 0.05) is 17.8 Å². The summed E-state index contributed by atoms with van der Waals surface area (Å²) >= 11 is 0. The van der Waals surface area contributed by atoms with Crippen molar-refractivity contribution in [3.05, 3.63) is 35.2 Å². The standard InChI is InChI=1S/C19H25N3O4/c1-19(2,3)25-11-10-24-16-9-8-13(12-20-16)17(23)21-18-14-6-4-5-7-15(14)22-26-18/h8-9,12H,4-7,10-11H2,1-3H3,(H,21,23). The van der Waals surface area contributed by atoms with Crippen LogP contribution in [0.2, 0.25) is 0 Å². The molecule has 26 heavy (non-hydrogen) atoms. The molecule has 0 spiro atoms. The molecule has 0 saturated carbocycles. The Labute approximate surface area is 153 Å². The summed E-state index contributed by atoms with van der Waals surface area (Å²) in [5.41, 5.74) is 2.20. The number of rotatable bonds is 6. The van der Waals surface area contributed by atoms with Gasteiger partial charge in [0.1, 0.15) is 6.61 Å². The van der Waals surface area contributed by atoms with E-state index in [0.29, 0.717) is 30.5 Å².